The lowest BCUT2D eigenvalue weighted by Gasteiger charge is -2.15. The van der Waals surface area contributed by atoms with Crippen LogP contribution in [0.5, 0.6) is 0 Å². The van der Waals surface area contributed by atoms with E-state index in [9.17, 15) is 9.90 Å². The van der Waals surface area contributed by atoms with Crippen LogP contribution in [0, 0.1) is 19.3 Å². The Morgan fingerprint density at radius 1 is 1.92 bits per heavy atom. The van der Waals surface area contributed by atoms with Gasteiger partial charge >= 0.3 is 0 Å². The molecule has 0 saturated carbocycles. The zero-order valence-corrected chi connectivity index (χ0v) is 7.97. The van der Waals surface area contributed by atoms with Gasteiger partial charge in [-0.15, -0.1) is 17.8 Å². The summed E-state index contributed by atoms with van der Waals surface area (Å²) in [5.74, 6) is 2.18. The number of rotatable bonds is 3. The van der Waals surface area contributed by atoms with Gasteiger partial charge in [0.2, 0.25) is 0 Å². The maximum Gasteiger partial charge on any atom is 0.183 e. The first-order valence-corrected chi connectivity index (χ1v) is 4.57. The molecule has 3 nitrogen and oxygen atoms in total. The molecule has 1 atom stereocenters. The van der Waals surface area contributed by atoms with Crippen LogP contribution in [0.1, 0.15) is 17.1 Å². The molecule has 0 aromatic carbocycles. The highest BCUT2D eigenvalue weighted by Crippen LogP contribution is 2.26. The molecule has 0 bridgehead atoms. The smallest absolute Gasteiger partial charge is 0.183 e. The second kappa shape index (κ2) is 3.69. The van der Waals surface area contributed by atoms with Crippen LogP contribution in [0.25, 0.3) is 0 Å². The number of terminal acetylenes is 1. The Labute approximate surface area is 80.4 Å². The van der Waals surface area contributed by atoms with E-state index >= 15 is 0 Å². The minimum Gasteiger partial charge on any atom is -0.371 e. The fraction of sp³-hybridized carbons (Fsp3) is 0.333. The van der Waals surface area contributed by atoms with Crippen molar-refractivity contribution in [3.05, 3.63) is 16.1 Å². The van der Waals surface area contributed by atoms with E-state index in [0.29, 0.717) is 11.3 Å². The Balaban J connectivity index is 3.03. The number of hydrogen-bond acceptors (Lipinski definition) is 4. The van der Waals surface area contributed by atoms with Crippen LogP contribution in [0.2, 0.25) is 0 Å². The zero-order chi connectivity index (χ0) is 9.90. The number of nitrogens with zero attached hydrogens (tertiary/aromatic N) is 1. The summed E-state index contributed by atoms with van der Waals surface area (Å²) >= 11 is 1.26. The van der Waals surface area contributed by atoms with Gasteiger partial charge in [-0.05, 0) is 6.92 Å². The number of aliphatic hydroxyl groups is 1. The summed E-state index contributed by atoms with van der Waals surface area (Å²) in [6.45, 7) is 1.80. The predicted molar refractivity (Wildman–Crippen MR) is 50.3 cm³/mol. The third-order valence-electron chi connectivity index (χ3n) is 1.59. The van der Waals surface area contributed by atoms with Crippen LogP contribution in [0.15, 0.2) is 5.38 Å². The number of hydrogen-bond donors (Lipinski definition) is 1. The van der Waals surface area contributed by atoms with E-state index < -0.39 is 5.60 Å². The van der Waals surface area contributed by atoms with Gasteiger partial charge in [0.25, 0.3) is 0 Å². The highest BCUT2D eigenvalue weighted by Gasteiger charge is 2.29. The Morgan fingerprint density at radius 2 is 2.62 bits per heavy atom. The summed E-state index contributed by atoms with van der Waals surface area (Å²) < 4.78 is 0. The van der Waals surface area contributed by atoms with E-state index in [1.165, 1.54) is 11.3 Å². The normalized spacial score (nSPS) is 14.5. The van der Waals surface area contributed by atoms with Gasteiger partial charge in [0, 0.05) is 11.1 Å². The Kier molecular flexibility index (Phi) is 2.81. The number of aromatic nitrogens is 1. The van der Waals surface area contributed by atoms with E-state index in [1.807, 2.05) is 0 Å². The predicted octanol–water partition coefficient (Wildman–Crippen LogP) is 0.861. The van der Waals surface area contributed by atoms with Crippen molar-refractivity contribution in [3.8, 4) is 12.3 Å². The molecule has 1 N–H and O–H groups in total. The molecular formula is C9H9NO2S. The summed E-state index contributed by atoms with van der Waals surface area (Å²) in [6, 6.07) is 0. The topological polar surface area (TPSA) is 50.2 Å². The molecule has 0 radical (unpaired) electrons. The molecule has 1 aromatic rings. The second-order valence-electron chi connectivity index (χ2n) is 2.67. The minimum atomic E-state index is -1.53. The average Bonchev–Trinajstić information content (AvgIpc) is 2.52. The van der Waals surface area contributed by atoms with Crippen molar-refractivity contribution in [1.29, 1.82) is 0 Å². The van der Waals surface area contributed by atoms with Crippen molar-refractivity contribution in [2.75, 3.05) is 0 Å². The maximum atomic E-state index is 10.3. The van der Waals surface area contributed by atoms with E-state index in [1.54, 1.807) is 12.3 Å². The summed E-state index contributed by atoms with van der Waals surface area (Å²) in [5, 5.41) is 12.0. The van der Waals surface area contributed by atoms with Crippen LogP contribution < -0.4 is 0 Å². The SMILES string of the molecule is C#CC(O)(CC=O)c1nc(C)cs1. The molecular weight excluding hydrogens is 186 g/mol. The third kappa shape index (κ3) is 1.94. The number of aryl methyl sites for hydroxylation is 1. The van der Waals surface area contributed by atoms with E-state index in [4.69, 9.17) is 6.42 Å². The van der Waals surface area contributed by atoms with Gasteiger partial charge in [-0.25, -0.2) is 4.98 Å². The van der Waals surface area contributed by atoms with Gasteiger partial charge in [-0.2, -0.15) is 0 Å². The van der Waals surface area contributed by atoms with E-state index in [-0.39, 0.29) is 6.42 Å². The van der Waals surface area contributed by atoms with E-state index in [2.05, 4.69) is 10.9 Å². The first-order chi connectivity index (χ1) is 6.12. The number of thiazole rings is 1. The van der Waals surface area contributed by atoms with Crippen LogP contribution in [0.3, 0.4) is 0 Å². The summed E-state index contributed by atoms with van der Waals surface area (Å²) in [4.78, 5) is 14.3. The number of carbonyl (C=O) groups excluding carboxylic acids is 1. The Bertz CT molecular complexity index is 353. The van der Waals surface area contributed by atoms with Crippen LogP contribution in [-0.4, -0.2) is 16.4 Å². The van der Waals surface area contributed by atoms with Gasteiger partial charge in [-0.1, -0.05) is 5.92 Å². The first-order valence-electron chi connectivity index (χ1n) is 3.69. The molecule has 4 heteroatoms. The third-order valence-corrected chi connectivity index (χ3v) is 2.70. The molecule has 0 saturated heterocycles. The molecule has 1 rings (SSSR count). The highest BCUT2D eigenvalue weighted by molar-refractivity contribution is 7.09. The quantitative estimate of drug-likeness (QED) is 0.575. The molecule has 13 heavy (non-hydrogen) atoms. The van der Waals surface area contributed by atoms with Gasteiger partial charge in [0.1, 0.15) is 11.3 Å². The molecule has 0 amide bonds. The van der Waals surface area contributed by atoms with Gasteiger partial charge < -0.3 is 9.90 Å². The summed E-state index contributed by atoms with van der Waals surface area (Å²) in [6.07, 6.45) is 5.62. The molecule has 1 heterocycles. The summed E-state index contributed by atoms with van der Waals surface area (Å²) in [7, 11) is 0. The molecule has 0 aliphatic carbocycles. The number of carbonyl (C=O) groups is 1. The summed E-state index contributed by atoms with van der Waals surface area (Å²) in [5.41, 5.74) is -0.736. The molecule has 0 aliphatic heterocycles. The molecule has 0 fully saturated rings. The van der Waals surface area contributed by atoms with Crippen LogP contribution in [-0.2, 0) is 10.4 Å². The Morgan fingerprint density at radius 3 is 3.00 bits per heavy atom. The molecule has 1 unspecified atom stereocenters. The fourth-order valence-electron chi connectivity index (χ4n) is 0.873. The lowest BCUT2D eigenvalue weighted by molar-refractivity contribution is -0.110. The van der Waals surface area contributed by atoms with Crippen molar-refractivity contribution < 1.29 is 9.90 Å². The first kappa shape index (κ1) is 9.90. The van der Waals surface area contributed by atoms with Crippen LogP contribution in [0.4, 0.5) is 0 Å². The molecule has 68 valence electrons. The van der Waals surface area contributed by atoms with Gasteiger partial charge in [-0.3, -0.25) is 0 Å². The zero-order valence-electron chi connectivity index (χ0n) is 7.15. The largest absolute Gasteiger partial charge is 0.371 e. The van der Waals surface area contributed by atoms with Gasteiger partial charge in [0.15, 0.2) is 5.60 Å². The molecule has 0 aliphatic rings. The minimum absolute atomic E-state index is 0.115. The Hall–Kier alpha value is -1.18. The van der Waals surface area contributed by atoms with Gasteiger partial charge in [0.05, 0.1) is 6.42 Å². The average molecular weight is 195 g/mol. The van der Waals surface area contributed by atoms with Crippen molar-refractivity contribution >= 4 is 17.6 Å². The molecule has 1 aromatic heterocycles. The van der Waals surface area contributed by atoms with Crippen molar-refractivity contribution in [1.82, 2.24) is 4.98 Å². The van der Waals surface area contributed by atoms with Crippen molar-refractivity contribution in [3.63, 3.8) is 0 Å². The number of aldehydes is 1. The highest BCUT2D eigenvalue weighted by atomic mass is 32.1. The molecule has 0 spiro atoms. The maximum absolute atomic E-state index is 10.3. The van der Waals surface area contributed by atoms with Crippen LogP contribution >= 0.6 is 11.3 Å². The van der Waals surface area contributed by atoms with Crippen molar-refractivity contribution in [2.45, 2.75) is 18.9 Å². The fourth-order valence-corrected chi connectivity index (χ4v) is 1.74. The van der Waals surface area contributed by atoms with Crippen molar-refractivity contribution in [2.24, 2.45) is 0 Å². The standard InChI is InChI=1S/C9H9NO2S/c1-3-9(12,4-5-11)8-10-7(2)6-13-8/h1,5-6,12H,4H2,2H3. The second-order valence-corrected chi connectivity index (χ2v) is 3.53. The monoisotopic (exact) mass is 195 g/mol. The lowest BCUT2D eigenvalue weighted by Crippen LogP contribution is -2.23. The lowest BCUT2D eigenvalue weighted by atomic mass is 10.0. The van der Waals surface area contributed by atoms with E-state index in [0.717, 1.165) is 5.69 Å².